The SMILES string of the molecule is CC(=O)c1nn(-c2cnc3ccccc3n2)c(N)c1C#N.CCc1c(-c2ccc(C)cc2)nn(-c2cnc3ccccc3n2)c1-c1ccc(O)cc1.CCc1cccc(-c2cc(Nc3ccccc3)n(-c3ccnc4ccccc34)n2)c1.CCc1nn(-c2ccnc3ccccc23)cc1C(C)=O.Cc1cc(-c2ccccc2)nn1-c1ncnc2ccccc12.Cl.O=C=O.O=c1cc(-c2ccccc2)[nH]n1-c1nncc2ccccc12. The van der Waals surface area contributed by atoms with E-state index < -0.39 is 0 Å². The number of para-hydroxylation sites is 8. The molecule has 0 saturated carbocycles. The zero-order chi connectivity index (χ0) is 103. The third-order valence-electron chi connectivity index (χ3n) is 24.3. The topological polar surface area (TPSA) is 406 Å². The number of nitrogens with one attached hydrogen (secondary N) is 2. The molecule has 0 bridgehead atoms. The number of nitrogen functional groups attached to an aromatic ring is 1. The van der Waals surface area contributed by atoms with Crippen molar-refractivity contribution < 1.29 is 24.3 Å². The number of aromatic amines is 1. The van der Waals surface area contributed by atoms with Gasteiger partial charge in [-0.05, 0) is 160 Å². The Hall–Kier alpha value is -20.2. The van der Waals surface area contributed by atoms with Gasteiger partial charge in [-0.15, -0.1) is 17.5 Å². The summed E-state index contributed by atoms with van der Waals surface area (Å²) in [6.07, 6.45) is 14.7. The van der Waals surface area contributed by atoms with Gasteiger partial charge < -0.3 is 16.2 Å². The van der Waals surface area contributed by atoms with E-state index >= 15 is 0 Å². The van der Waals surface area contributed by atoms with E-state index in [0.717, 1.165) is 181 Å². The average molecular weight is 2000 g/mol. The van der Waals surface area contributed by atoms with Crippen molar-refractivity contribution >= 4 is 113 Å². The maximum absolute atomic E-state index is 12.3. The van der Waals surface area contributed by atoms with Crippen molar-refractivity contribution in [1.82, 2.24) is 109 Å². The summed E-state index contributed by atoms with van der Waals surface area (Å²) in [6.45, 7) is 13.3. The first-order valence-corrected chi connectivity index (χ1v) is 47.8. The fourth-order valence-corrected chi connectivity index (χ4v) is 17.0. The van der Waals surface area contributed by atoms with Crippen molar-refractivity contribution in [3.63, 3.8) is 0 Å². The van der Waals surface area contributed by atoms with Crippen LogP contribution in [0.3, 0.4) is 0 Å². The summed E-state index contributed by atoms with van der Waals surface area (Å²) in [6, 6.07) is 113. The number of carbonyl (C=O) groups is 2. The summed E-state index contributed by atoms with van der Waals surface area (Å²) >= 11 is 0. The monoisotopic (exact) mass is 1990 g/mol. The normalized spacial score (nSPS) is 10.7. The van der Waals surface area contributed by atoms with Crippen LogP contribution in [-0.2, 0) is 28.9 Å². The van der Waals surface area contributed by atoms with Crippen LogP contribution in [0.2, 0.25) is 0 Å². The number of rotatable bonds is 18. The van der Waals surface area contributed by atoms with Gasteiger partial charge in [0.2, 0.25) is 0 Å². The number of aromatic nitrogens is 22. The van der Waals surface area contributed by atoms with Gasteiger partial charge in [0, 0.05) is 104 Å². The fourth-order valence-electron chi connectivity index (χ4n) is 17.0. The number of H-pyrrole nitrogens is 1. The molecule has 0 fully saturated rings. The number of hydrogen-bond acceptors (Lipinski definition) is 24. The van der Waals surface area contributed by atoms with E-state index in [1.165, 1.54) is 33.6 Å². The van der Waals surface area contributed by atoms with Gasteiger partial charge in [0.05, 0.1) is 108 Å². The number of carbonyl (C=O) groups excluding carboxylic acids is 4. The lowest BCUT2D eigenvalue weighted by Crippen LogP contribution is -2.15. The Labute approximate surface area is 865 Å². The van der Waals surface area contributed by atoms with Crippen LogP contribution in [0.25, 0.3) is 156 Å². The standard InChI is InChI=1S/C26H22N4O.C26H22N4.C18H14N4.C17H12N4O.C16H15N3O.C14H10N6O.CO2.ClH/c1-3-21-25(18-10-8-17(2)9-11-18)29-30(26(21)19-12-14-20(31)15-13-19)24-16-27-22-6-4-5-7-23(22)28-24;1-2-19-9-8-10-20(17-19)24-18-26(28-21-11-4-3-5-12-21)30(29-24)25-15-16-27-23-14-7-6-13-22(23)25;1-13-11-17(14-7-3-2-4-8-14)21-22(13)18-15-9-5-6-10-16(15)19-12-20-18;22-16-10-15(12-6-2-1-3-7-12)20-21(16)17-14-9-5-4-8-13(14)11-18-19-17;1-3-14-13(11(2)20)10-19(18-14)16-8-9-17-15-7-5-4-6-12(15)16;1-8(21)13-9(6-15)14(16)20(19-13)12-7-17-10-4-2-3-5-11(10)18-12;2-1-3;/h4-16,31H,3H2,1-2H3;3-18,28H,2H2,1H3;2-12H,1H3;1-11,20H;4-10H,3H2,1-2H3;2-5,7H,16H2,1H3;;1H. The van der Waals surface area contributed by atoms with Gasteiger partial charge in [-0.1, -0.05) is 245 Å². The van der Waals surface area contributed by atoms with E-state index in [2.05, 4.69) is 177 Å². The van der Waals surface area contributed by atoms with Crippen molar-refractivity contribution in [1.29, 1.82) is 5.26 Å². The molecule has 24 rings (SSSR count). The molecule has 0 atom stereocenters. The predicted molar refractivity (Wildman–Crippen MR) is 585 cm³/mol. The van der Waals surface area contributed by atoms with Gasteiger partial charge in [0.1, 0.15) is 41.0 Å². The smallest absolute Gasteiger partial charge is 0.373 e. The molecule has 5 N–H and O–H groups in total. The molecule has 736 valence electrons. The summed E-state index contributed by atoms with van der Waals surface area (Å²) in [5.41, 5.74) is 30.6. The van der Waals surface area contributed by atoms with Gasteiger partial charge in [-0.2, -0.15) is 54.8 Å². The molecular weight excluding hydrogens is 1900 g/mol. The maximum atomic E-state index is 12.3. The van der Waals surface area contributed by atoms with Crippen molar-refractivity contribution in [2.24, 2.45) is 0 Å². The molecule has 0 unspecified atom stereocenters. The van der Waals surface area contributed by atoms with E-state index in [4.69, 9.17) is 40.9 Å². The number of pyridine rings is 2. The molecule has 0 aliphatic heterocycles. The summed E-state index contributed by atoms with van der Waals surface area (Å²) in [4.78, 5) is 87.4. The summed E-state index contributed by atoms with van der Waals surface area (Å²) < 4.78 is 10.2. The molecule has 32 heteroatoms. The van der Waals surface area contributed by atoms with E-state index in [-0.39, 0.29) is 58.5 Å². The minimum Gasteiger partial charge on any atom is -0.508 e. The second kappa shape index (κ2) is 46.9. The molecule has 12 aromatic heterocycles. The lowest BCUT2D eigenvalue weighted by Gasteiger charge is -2.11. The third kappa shape index (κ3) is 22.6. The molecule has 150 heavy (non-hydrogen) atoms. The molecule has 24 aromatic rings. The van der Waals surface area contributed by atoms with Crippen molar-refractivity contribution in [3.8, 4) is 103 Å². The van der Waals surface area contributed by atoms with E-state index in [9.17, 15) is 19.5 Å². The molecule has 0 spiro atoms. The van der Waals surface area contributed by atoms with Crippen LogP contribution in [0.4, 0.5) is 17.3 Å². The first kappa shape index (κ1) is 101. The number of anilines is 3. The second-order valence-electron chi connectivity index (χ2n) is 34.1. The maximum Gasteiger partial charge on any atom is 0.373 e. The van der Waals surface area contributed by atoms with Crippen LogP contribution in [0.5, 0.6) is 5.75 Å². The number of Topliss-reactive ketones (excluding diaryl/α,β-unsaturated/α-hetero) is 2. The van der Waals surface area contributed by atoms with Crippen molar-refractivity contribution in [2.75, 3.05) is 11.1 Å². The van der Waals surface area contributed by atoms with Gasteiger partial charge in [0.25, 0.3) is 5.56 Å². The number of halogens is 1. The highest BCUT2D eigenvalue weighted by atomic mass is 35.5. The van der Waals surface area contributed by atoms with E-state index in [1.54, 1.807) is 54.7 Å². The molecule has 12 aromatic carbocycles. The van der Waals surface area contributed by atoms with Crippen LogP contribution >= 0.6 is 12.4 Å². The molecular formula is C118H96ClN25O6. The molecule has 0 aliphatic carbocycles. The van der Waals surface area contributed by atoms with Crippen LogP contribution in [0.15, 0.2) is 388 Å². The Morgan fingerprint density at radius 1 is 0.460 bits per heavy atom. The lowest BCUT2D eigenvalue weighted by molar-refractivity contribution is -0.191. The van der Waals surface area contributed by atoms with Crippen LogP contribution in [-0.4, -0.2) is 132 Å². The van der Waals surface area contributed by atoms with Gasteiger partial charge >= 0.3 is 6.15 Å². The highest BCUT2D eigenvalue weighted by Gasteiger charge is 2.26. The Bertz CT molecular complexity index is 9090. The molecule has 0 aliphatic rings. The minimum atomic E-state index is -0.328. The van der Waals surface area contributed by atoms with Crippen LogP contribution in [0.1, 0.15) is 89.1 Å². The zero-order valence-electron chi connectivity index (χ0n) is 82.3. The molecule has 0 radical (unpaired) electrons. The second-order valence-corrected chi connectivity index (χ2v) is 34.1. The predicted octanol–water partition coefficient (Wildman–Crippen LogP) is 23.2. The molecule has 12 heterocycles. The van der Waals surface area contributed by atoms with Crippen LogP contribution < -0.4 is 16.6 Å². The Morgan fingerprint density at radius 2 is 1.00 bits per heavy atom. The Balaban J connectivity index is 0.000000123. The Morgan fingerprint density at radius 3 is 1.60 bits per heavy atom. The van der Waals surface area contributed by atoms with Gasteiger partial charge in [0.15, 0.2) is 34.8 Å². The lowest BCUT2D eigenvalue weighted by atomic mass is 9.99. The van der Waals surface area contributed by atoms with Crippen molar-refractivity contribution in [3.05, 3.63) is 438 Å². The quantitative estimate of drug-likeness (QED) is 0.0580. The highest BCUT2D eigenvalue weighted by Crippen LogP contribution is 2.38. The Kier molecular flexibility index (Phi) is 31.7. The number of nitrogens with zero attached hydrogens (tertiary/aromatic N) is 22. The number of benzene rings is 12. The van der Waals surface area contributed by atoms with Gasteiger partial charge in [-0.25, -0.2) is 38.7 Å². The zero-order valence-corrected chi connectivity index (χ0v) is 83.1. The summed E-state index contributed by atoms with van der Waals surface area (Å²) in [5, 5.41) is 61.9. The molecule has 31 nitrogen and oxygen atoms in total. The fraction of sp³-hybridized carbons (Fsp3) is 0.0847. The number of fused-ring (bicyclic) bond motifs is 6. The molecule has 0 amide bonds. The number of nitriles is 1. The number of aromatic hydroxyl groups is 1. The average Bonchev–Trinajstić information content (AvgIpc) is 1.61. The molecule has 0 saturated heterocycles. The minimum absolute atomic E-state index is 0. The summed E-state index contributed by atoms with van der Waals surface area (Å²) in [5.74, 6) is 3.27. The summed E-state index contributed by atoms with van der Waals surface area (Å²) in [7, 11) is 0. The highest BCUT2D eigenvalue weighted by molar-refractivity contribution is 5.97. The number of hydrogen-bond donors (Lipinski definition) is 4. The van der Waals surface area contributed by atoms with Crippen molar-refractivity contribution in [2.45, 2.75) is 67.7 Å². The largest absolute Gasteiger partial charge is 0.508 e. The van der Waals surface area contributed by atoms with E-state index in [1.807, 2.05) is 277 Å². The number of aryl methyl sites for hydroxylation is 4. The number of phenolic OH excluding ortho intramolecular Hbond substituents is 1. The van der Waals surface area contributed by atoms with E-state index in [0.29, 0.717) is 28.5 Å². The number of phenols is 1. The number of ketones is 2. The first-order chi connectivity index (χ1) is 72.8. The van der Waals surface area contributed by atoms with Gasteiger partial charge in [-0.3, -0.25) is 39.4 Å². The van der Waals surface area contributed by atoms with Crippen LogP contribution in [0, 0.1) is 25.2 Å². The first-order valence-electron chi connectivity index (χ1n) is 47.8. The third-order valence-corrected chi connectivity index (χ3v) is 24.3. The number of nitrogens with two attached hydrogens (primary N) is 1.